The van der Waals surface area contributed by atoms with Gasteiger partial charge in [-0.05, 0) is 74.6 Å². The molecular weight excluding hydrogens is 516 g/mol. The fourth-order valence-corrected chi connectivity index (χ4v) is 6.74. The summed E-state index contributed by atoms with van der Waals surface area (Å²) < 4.78 is 0. The number of rotatable bonds is 15. The molecule has 0 amide bonds. The van der Waals surface area contributed by atoms with Crippen LogP contribution >= 0.6 is 0 Å². The maximum absolute atomic E-state index is 3.83. The van der Waals surface area contributed by atoms with Gasteiger partial charge in [-0.2, -0.15) is 0 Å². The van der Waals surface area contributed by atoms with E-state index in [0.717, 1.165) is 78.5 Å². The first-order valence-electron chi connectivity index (χ1n) is 17.7. The van der Waals surface area contributed by atoms with Crippen LogP contribution in [0, 0.1) is 0 Å². The third-order valence-electron chi connectivity index (χ3n) is 9.19. The molecule has 42 heavy (non-hydrogen) atoms. The van der Waals surface area contributed by atoms with Crippen LogP contribution in [0.4, 0.5) is 5.69 Å². The summed E-state index contributed by atoms with van der Waals surface area (Å²) in [4.78, 5) is 5.30. The summed E-state index contributed by atoms with van der Waals surface area (Å²) in [7, 11) is 0. The van der Waals surface area contributed by atoms with Gasteiger partial charge >= 0.3 is 0 Å². The minimum Gasteiger partial charge on any atom is -0.383 e. The van der Waals surface area contributed by atoms with Crippen molar-refractivity contribution in [1.29, 1.82) is 0 Å². The molecule has 0 atom stereocenters. The van der Waals surface area contributed by atoms with Gasteiger partial charge in [-0.1, -0.05) is 89.0 Å². The monoisotopic (exact) mass is 579 g/mol. The predicted octanol–water partition coefficient (Wildman–Crippen LogP) is 6.35. The normalized spacial score (nSPS) is 18.2. The van der Waals surface area contributed by atoms with Gasteiger partial charge in [-0.25, -0.2) is 0 Å². The molecule has 0 unspecified atom stereocenters. The Hall–Kier alpha value is -1.70. The Morgan fingerprint density at radius 3 is 2.05 bits per heavy atom. The number of hydrogen-bond acceptors (Lipinski definition) is 6. The molecule has 236 valence electrons. The van der Waals surface area contributed by atoms with Crippen molar-refractivity contribution in [1.82, 2.24) is 25.8 Å². The summed E-state index contributed by atoms with van der Waals surface area (Å²) >= 11 is 0. The van der Waals surface area contributed by atoms with E-state index in [4.69, 9.17) is 0 Å². The number of nitrogens with one attached hydrogen (secondary N) is 4. The maximum atomic E-state index is 3.83. The van der Waals surface area contributed by atoms with Crippen LogP contribution in [-0.4, -0.2) is 81.8 Å². The minimum absolute atomic E-state index is 0.987. The molecule has 0 saturated carbocycles. The van der Waals surface area contributed by atoms with Gasteiger partial charge < -0.3 is 26.2 Å². The Morgan fingerprint density at radius 2 is 1.29 bits per heavy atom. The van der Waals surface area contributed by atoms with Gasteiger partial charge in [-0.3, -0.25) is 4.90 Å². The highest BCUT2D eigenvalue weighted by molar-refractivity contribution is 5.98. The van der Waals surface area contributed by atoms with Crippen molar-refractivity contribution in [3.8, 4) is 0 Å². The van der Waals surface area contributed by atoms with Crippen molar-refractivity contribution in [3.05, 3.63) is 41.5 Å². The van der Waals surface area contributed by atoms with Crippen molar-refractivity contribution < 1.29 is 0 Å². The van der Waals surface area contributed by atoms with E-state index in [0.29, 0.717) is 0 Å². The lowest BCUT2D eigenvalue weighted by Gasteiger charge is -2.30. The number of hydrogen-bond donors (Lipinski definition) is 4. The highest BCUT2D eigenvalue weighted by Gasteiger charge is 2.19. The van der Waals surface area contributed by atoms with E-state index in [1.165, 1.54) is 111 Å². The van der Waals surface area contributed by atoms with Crippen molar-refractivity contribution in [3.63, 3.8) is 0 Å². The summed E-state index contributed by atoms with van der Waals surface area (Å²) in [6.45, 7) is 16.6. The fraction of sp³-hybridized carbons (Fsp3) is 0.722. The molecule has 0 spiro atoms. The third kappa shape index (κ3) is 11.8. The molecule has 2 aliphatic heterocycles. The number of unbranched alkanes of at least 4 members (excludes halogenated alkanes) is 9. The molecule has 0 bridgehead atoms. The van der Waals surface area contributed by atoms with Crippen LogP contribution in [0.15, 0.2) is 30.3 Å². The maximum Gasteiger partial charge on any atom is 0.0420 e. The van der Waals surface area contributed by atoms with Crippen LogP contribution < -0.4 is 21.3 Å². The van der Waals surface area contributed by atoms with Crippen LogP contribution in [0.25, 0.3) is 10.8 Å². The summed E-state index contributed by atoms with van der Waals surface area (Å²) in [5.41, 5.74) is 4.31. The predicted molar refractivity (Wildman–Crippen MR) is 183 cm³/mol. The molecule has 0 aliphatic carbocycles. The first-order valence-corrected chi connectivity index (χ1v) is 17.7. The van der Waals surface area contributed by atoms with Gasteiger partial charge in [0.2, 0.25) is 0 Å². The Morgan fingerprint density at radius 1 is 0.619 bits per heavy atom. The van der Waals surface area contributed by atoms with Crippen LogP contribution in [0.5, 0.6) is 0 Å². The minimum atomic E-state index is 0.987. The molecule has 4 N–H and O–H groups in total. The summed E-state index contributed by atoms with van der Waals surface area (Å²) in [5, 5.41) is 17.5. The molecule has 0 radical (unpaired) electrons. The third-order valence-corrected chi connectivity index (χ3v) is 9.19. The average molecular weight is 579 g/mol. The molecule has 2 aliphatic rings. The lowest BCUT2D eigenvalue weighted by atomic mass is 9.94. The molecular formula is C36H62N6. The zero-order valence-corrected chi connectivity index (χ0v) is 27.0. The fourth-order valence-electron chi connectivity index (χ4n) is 6.74. The van der Waals surface area contributed by atoms with Crippen LogP contribution in [0.2, 0.25) is 0 Å². The van der Waals surface area contributed by atoms with E-state index < -0.39 is 0 Å². The Kier molecular flexibility index (Phi) is 16.0. The molecule has 2 aromatic rings. The van der Waals surface area contributed by atoms with Crippen LogP contribution in [0.1, 0.15) is 95.1 Å². The summed E-state index contributed by atoms with van der Waals surface area (Å²) in [6.07, 6.45) is 16.5. The highest BCUT2D eigenvalue weighted by Crippen LogP contribution is 2.34. The summed E-state index contributed by atoms with van der Waals surface area (Å²) in [6, 6.07) is 11.7. The van der Waals surface area contributed by atoms with Gasteiger partial charge in [0, 0.05) is 63.4 Å². The SMILES string of the molecule is CCCCCCCCCCCCN1Cc2cccc3c(NCCN4CCCNCCNCCCNCC4)ccc(c23)C1. The number of nitrogens with zero attached hydrogens (tertiary/aromatic N) is 2. The standard InChI is InChI=1S/C36H62N6/c1-2-3-4-5-6-7-8-9-10-11-26-42-30-32-15-12-16-34-35(18-17-33(31-42)36(32)34)40-25-29-41-27-14-21-38-23-22-37-19-13-20-39-24-28-41/h12,15-18,37-40H,2-11,13-14,19-31H2,1H3. The van der Waals surface area contributed by atoms with Crippen molar-refractivity contribution >= 4 is 16.5 Å². The van der Waals surface area contributed by atoms with Crippen molar-refractivity contribution in [2.24, 2.45) is 0 Å². The van der Waals surface area contributed by atoms with Crippen LogP contribution in [0.3, 0.4) is 0 Å². The van der Waals surface area contributed by atoms with E-state index in [2.05, 4.69) is 68.3 Å². The van der Waals surface area contributed by atoms with E-state index in [9.17, 15) is 0 Å². The second-order valence-corrected chi connectivity index (χ2v) is 12.7. The Balaban J connectivity index is 1.20. The molecule has 1 saturated heterocycles. The van der Waals surface area contributed by atoms with E-state index in [1.54, 1.807) is 0 Å². The van der Waals surface area contributed by atoms with E-state index in [1.807, 2.05) is 0 Å². The lowest BCUT2D eigenvalue weighted by molar-refractivity contribution is 0.246. The average Bonchev–Trinajstić information content (AvgIpc) is 3.01. The van der Waals surface area contributed by atoms with Crippen molar-refractivity contribution in [2.75, 3.05) is 77.3 Å². The van der Waals surface area contributed by atoms with Crippen LogP contribution in [-0.2, 0) is 13.1 Å². The van der Waals surface area contributed by atoms with Gasteiger partial charge in [0.05, 0.1) is 0 Å². The zero-order chi connectivity index (χ0) is 29.1. The molecule has 2 aromatic carbocycles. The molecule has 6 nitrogen and oxygen atoms in total. The first-order chi connectivity index (χ1) is 20.8. The zero-order valence-electron chi connectivity index (χ0n) is 27.0. The largest absolute Gasteiger partial charge is 0.383 e. The Bertz CT molecular complexity index is 968. The van der Waals surface area contributed by atoms with E-state index in [-0.39, 0.29) is 0 Å². The molecule has 4 rings (SSSR count). The second kappa shape index (κ2) is 20.3. The van der Waals surface area contributed by atoms with Gasteiger partial charge in [0.1, 0.15) is 0 Å². The van der Waals surface area contributed by atoms with E-state index >= 15 is 0 Å². The van der Waals surface area contributed by atoms with Gasteiger partial charge in [-0.15, -0.1) is 0 Å². The van der Waals surface area contributed by atoms with Crippen molar-refractivity contribution in [2.45, 2.75) is 97.1 Å². The highest BCUT2D eigenvalue weighted by atomic mass is 15.2. The summed E-state index contributed by atoms with van der Waals surface area (Å²) in [5.74, 6) is 0. The quantitative estimate of drug-likeness (QED) is 0.185. The number of benzene rings is 2. The molecule has 0 aromatic heterocycles. The molecule has 1 fully saturated rings. The Labute approximate surface area is 257 Å². The molecule has 2 heterocycles. The van der Waals surface area contributed by atoms with Gasteiger partial charge in [0.25, 0.3) is 0 Å². The topological polar surface area (TPSA) is 54.6 Å². The first kappa shape index (κ1) is 33.2. The molecule has 6 heteroatoms. The lowest BCUT2D eigenvalue weighted by Crippen LogP contribution is -2.38. The smallest absolute Gasteiger partial charge is 0.0420 e. The number of anilines is 1. The van der Waals surface area contributed by atoms with Gasteiger partial charge in [0.15, 0.2) is 0 Å². The second-order valence-electron chi connectivity index (χ2n) is 12.7.